The predicted octanol–water partition coefficient (Wildman–Crippen LogP) is -0.555. The smallest absolute Gasteiger partial charge is 1.00 e. The molecule has 1 aromatic heterocycles. The molecule has 0 aliphatic heterocycles. The number of nitrogens with two attached hydrogens (primary N) is 2. The van der Waals surface area contributed by atoms with Gasteiger partial charge in [0.2, 0.25) is 0 Å². The van der Waals surface area contributed by atoms with Crippen molar-refractivity contribution >= 4 is 21.7 Å². The minimum Gasteiger partial charge on any atom is -1.00 e. The number of hydrogen-bond acceptors (Lipinski definition) is 1. The fourth-order valence-corrected chi connectivity index (χ4v) is 2.32. The summed E-state index contributed by atoms with van der Waals surface area (Å²) in [6.07, 6.45) is 1.98. The van der Waals surface area contributed by atoms with Gasteiger partial charge >= 0.3 is 21.1 Å². The van der Waals surface area contributed by atoms with Gasteiger partial charge in [0, 0.05) is 17.0 Å². The van der Waals surface area contributed by atoms with E-state index in [1.54, 1.807) is 0 Å². The Bertz CT molecular complexity index is 705. The molecule has 0 saturated heterocycles. The van der Waals surface area contributed by atoms with Gasteiger partial charge in [-0.05, 0) is 30.9 Å². The summed E-state index contributed by atoms with van der Waals surface area (Å²) in [5.74, 6) is 0. The van der Waals surface area contributed by atoms with Crippen LogP contribution in [0.5, 0.6) is 0 Å². The van der Waals surface area contributed by atoms with Crippen LogP contribution in [0.4, 0.5) is 0 Å². The third kappa shape index (κ3) is 4.63. The van der Waals surface area contributed by atoms with Crippen molar-refractivity contribution in [2.45, 2.75) is 13.8 Å². The SMILES string of the molecule is Cc1cc(C)c2cnc3ccccc3c2c1.[Cl-].[Cl-].[NH2-].[NH2-].[Pt+4]. The second-order valence-electron chi connectivity index (χ2n) is 4.32. The summed E-state index contributed by atoms with van der Waals surface area (Å²) in [7, 11) is 0. The molecule has 0 radical (unpaired) electrons. The Morgan fingerprint density at radius 1 is 0.810 bits per heavy atom. The molecule has 1 heterocycles. The Labute approximate surface area is 152 Å². The van der Waals surface area contributed by atoms with Gasteiger partial charge in [0.05, 0.1) is 5.52 Å². The first-order chi connectivity index (χ1) is 7.75. The van der Waals surface area contributed by atoms with Crippen molar-refractivity contribution in [1.82, 2.24) is 4.98 Å². The molecule has 21 heavy (non-hydrogen) atoms. The summed E-state index contributed by atoms with van der Waals surface area (Å²) in [5, 5.41) is 3.80. The molecular weight excluding hydrogens is 488 g/mol. The van der Waals surface area contributed by atoms with E-state index in [2.05, 4.69) is 49.2 Å². The van der Waals surface area contributed by atoms with Crippen molar-refractivity contribution < 1.29 is 45.9 Å². The zero-order chi connectivity index (χ0) is 11.1. The maximum atomic E-state index is 4.50. The first-order valence-corrected chi connectivity index (χ1v) is 5.50. The molecule has 3 rings (SSSR count). The van der Waals surface area contributed by atoms with E-state index >= 15 is 0 Å². The molecule has 3 aromatic rings. The molecule has 0 unspecified atom stereocenters. The van der Waals surface area contributed by atoms with Crippen LogP contribution in [-0.4, -0.2) is 4.98 Å². The third-order valence-electron chi connectivity index (χ3n) is 3.06. The van der Waals surface area contributed by atoms with Gasteiger partial charge in [-0.15, -0.1) is 0 Å². The molecular formula is C15H17Cl2N3Pt. The van der Waals surface area contributed by atoms with Crippen molar-refractivity contribution in [2.75, 3.05) is 0 Å². The summed E-state index contributed by atoms with van der Waals surface area (Å²) in [6, 6.07) is 12.8. The average molecular weight is 505 g/mol. The molecule has 0 aliphatic rings. The van der Waals surface area contributed by atoms with Gasteiger partial charge in [-0.25, -0.2) is 0 Å². The molecule has 3 nitrogen and oxygen atoms in total. The molecule has 0 aliphatic carbocycles. The van der Waals surface area contributed by atoms with E-state index in [-0.39, 0.29) is 58.2 Å². The number of aryl methyl sites for hydroxylation is 2. The van der Waals surface area contributed by atoms with Crippen LogP contribution in [0.25, 0.3) is 34.0 Å². The van der Waals surface area contributed by atoms with Crippen molar-refractivity contribution in [2.24, 2.45) is 0 Å². The summed E-state index contributed by atoms with van der Waals surface area (Å²) >= 11 is 0. The molecule has 0 atom stereocenters. The minimum atomic E-state index is 0. The first-order valence-electron chi connectivity index (χ1n) is 5.50. The molecule has 0 saturated carbocycles. The van der Waals surface area contributed by atoms with Crippen molar-refractivity contribution in [3.8, 4) is 0 Å². The number of para-hydroxylation sites is 1. The number of pyridine rings is 1. The van der Waals surface area contributed by atoms with Crippen LogP contribution in [0.15, 0.2) is 42.6 Å². The Kier molecular flexibility index (Phi) is 12.1. The number of rotatable bonds is 0. The zero-order valence-electron chi connectivity index (χ0n) is 11.7. The number of aromatic nitrogens is 1. The predicted molar refractivity (Wildman–Crippen MR) is 79.3 cm³/mol. The van der Waals surface area contributed by atoms with E-state index in [4.69, 9.17) is 0 Å². The van der Waals surface area contributed by atoms with E-state index in [0.717, 1.165) is 5.52 Å². The summed E-state index contributed by atoms with van der Waals surface area (Å²) in [6.45, 7) is 4.29. The van der Waals surface area contributed by atoms with E-state index in [9.17, 15) is 0 Å². The largest absolute Gasteiger partial charge is 4.00 e. The van der Waals surface area contributed by atoms with Gasteiger partial charge < -0.3 is 37.1 Å². The van der Waals surface area contributed by atoms with Gasteiger partial charge in [-0.1, -0.05) is 35.9 Å². The van der Waals surface area contributed by atoms with Crippen LogP contribution in [-0.2, 0) is 21.1 Å². The maximum Gasteiger partial charge on any atom is 4.00 e. The monoisotopic (exact) mass is 504 g/mol. The van der Waals surface area contributed by atoms with E-state index in [1.807, 2.05) is 12.3 Å². The molecule has 116 valence electrons. The van der Waals surface area contributed by atoms with Crippen LogP contribution in [0.1, 0.15) is 11.1 Å². The molecule has 4 N–H and O–H groups in total. The Hall–Kier alpha value is -0.702. The zero-order valence-corrected chi connectivity index (χ0v) is 15.5. The average Bonchev–Trinajstić information content (AvgIpc) is 2.28. The first kappa shape index (κ1) is 25.3. The molecule has 0 fully saturated rings. The number of fused-ring (bicyclic) bond motifs is 3. The van der Waals surface area contributed by atoms with Crippen molar-refractivity contribution in [3.05, 3.63) is 66.0 Å². The summed E-state index contributed by atoms with van der Waals surface area (Å²) in [4.78, 5) is 4.50. The quantitative estimate of drug-likeness (QED) is 0.378. The van der Waals surface area contributed by atoms with Crippen LogP contribution in [0.2, 0.25) is 0 Å². The topological polar surface area (TPSA) is 79.9 Å². The van der Waals surface area contributed by atoms with Crippen LogP contribution in [0, 0.1) is 13.8 Å². The Morgan fingerprint density at radius 3 is 2.10 bits per heavy atom. The van der Waals surface area contributed by atoms with Crippen LogP contribution >= 0.6 is 0 Å². The standard InChI is InChI=1S/C15H13N.2ClH.2H2N.Pt/c1-10-7-11(2)14-9-16-15-6-4-3-5-12(15)13(14)8-10;;;;;/h3-9H,1-2H3;2*1H;2*1H2;/q;;;2*-1;+4/p-2. The van der Waals surface area contributed by atoms with Gasteiger partial charge in [0.25, 0.3) is 0 Å². The van der Waals surface area contributed by atoms with Crippen molar-refractivity contribution in [1.29, 1.82) is 0 Å². The number of nitrogens with zero attached hydrogens (tertiary/aromatic N) is 1. The number of benzene rings is 2. The van der Waals surface area contributed by atoms with E-state index in [0.29, 0.717) is 0 Å². The third-order valence-corrected chi connectivity index (χ3v) is 3.06. The van der Waals surface area contributed by atoms with E-state index in [1.165, 1.54) is 27.3 Å². The van der Waals surface area contributed by atoms with Gasteiger partial charge in [0.1, 0.15) is 0 Å². The van der Waals surface area contributed by atoms with E-state index < -0.39 is 0 Å². The molecule has 0 bridgehead atoms. The van der Waals surface area contributed by atoms with Gasteiger partial charge in [0.15, 0.2) is 0 Å². The fourth-order valence-electron chi connectivity index (χ4n) is 2.32. The minimum absolute atomic E-state index is 0. The maximum absolute atomic E-state index is 4.50. The second kappa shape index (κ2) is 10.1. The Morgan fingerprint density at radius 2 is 1.43 bits per heavy atom. The molecule has 0 amide bonds. The summed E-state index contributed by atoms with van der Waals surface area (Å²) < 4.78 is 0. The normalized spacial score (nSPS) is 8.48. The van der Waals surface area contributed by atoms with Crippen LogP contribution in [0.3, 0.4) is 0 Å². The molecule has 6 heteroatoms. The molecule has 2 aromatic carbocycles. The Balaban J connectivity index is -0.000000648. The fraction of sp³-hybridized carbons (Fsp3) is 0.133. The summed E-state index contributed by atoms with van der Waals surface area (Å²) in [5.41, 5.74) is 3.68. The number of halogens is 2. The van der Waals surface area contributed by atoms with Gasteiger partial charge in [-0.2, -0.15) is 0 Å². The van der Waals surface area contributed by atoms with Gasteiger partial charge in [-0.3, -0.25) is 4.98 Å². The molecule has 0 spiro atoms. The number of hydrogen-bond donors (Lipinski definition) is 0. The van der Waals surface area contributed by atoms with Crippen molar-refractivity contribution in [3.63, 3.8) is 0 Å². The second-order valence-corrected chi connectivity index (χ2v) is 4.32. The van der Waals surface area contributed by atoms with Crippen LogP contribution < -0.4 is 24.8 Å².